The number of amides is 2. The van der Waals surface area contributed by atoms with E-state index < -0.39 is 12.1 Å². The van der Waals surface area contributed by atoms with Gasteiger partial charge in [-0.3, -0.25) is 9.69 Å². The number of hydrogen-bond donors (Lipinski definition) is 0. The first-order valence-corrected chi connectivity index (χ1v) is 10.8. The molecule has 1 aliphatic heterocycles. The molecule has 160 valence electrons. The third-order valence-electron chi connectivity index (χ3n) is 6.24. The second-order valence-electron chi connectivity index (χ2n) is 8.16. The normalized spacial score (nSPS) is 17.3. The topological polar surface area (TPSA) is 49.9 Å². The Morgan fingerprint density at radius 2 is 1.44 bits per heavy atom. The molecule has 0 fully saturated rings. The molecule has 3 aromatic carbocycles. The Hall–Kier alpha value is -3.86. The van der Waals surface area contributed by atoms with Crippen LogP contribution in [0.15, 0.2) is 91.3 Å². The van der Waals surface area contributed by atoms with Crippen molar-refractivity contribution in [3.05, 3.63) is 108 Å². The van der Waals surface area contributed by atoms with E-state index >= 15 is 0 Å². The molecular weight excluding hydrogens is 400 g/mol. The lowest BCUT2D eigenvalue weighted by Gasteiger charge is -2.33. The fraction of sp³-hybridized carbons (Fsp3) is 0.185. The van der Waals surface area contributed by atoms with Crippen LogP contribution in [0.5, 0.6) is 0 Å². The maximum Gasteiger partial charge on any atom is 0.414 e. The van der Waals surface area contributed by atoms with Gasteiger partial charge in [-0.1, -0.05) is 78.9 Å². The highest BCUT2D eigenvalue weighted by Crippen LogP contribution is 2.44. The Bertz CT molecular complexity index is 1140. The molecule has 1 atom stereocenters. The van der Waals surface area contributed by atoms with Crippen LogP contribution in [-0.4, -0.2) is 41.5 Å². The molecule has 0 saturated carbocycles. The summed E-state index contributed by atoms with van der Waals surface area (Å²) < 4.78 is 5.80. The third kappa shape index (κ3) is 3.56. The van der Waals surface area contributed by atoms with Gasteiger partial charge in [-0.2, -0.15) is 0 Å². The molecule has 0 saturated heterocycles. The van der Waals surface area contributed by atoms with Gasteiger partial charge in [0.15, 0.2) is 0 Å². The Balaban J connectivity index is 1.36. The second-order valence-corrected chi connectivity index (χ2v) is 8.16. The zero-order chi connectivity index (χ0) is 22.1. The summed E-state index contributed by atoms with van der Waals surface area (Å²) >= 11 is 0. The number of carbonyl (C=O) groups is 2. The summed E-state index contributed by atoms with van der Waals surface area (Å²) in [5.41, 5.74) is 5.67. The highest BCUT2D eigenvalue weighted by atomic mass is 16.6. The third-order valence-corrected chi connectivity index (χ3v) is 6.24. The molecule has 32 heavy (non-hydrogen) atoms. The van der Waals surface area contributed by atoms with E-state index in [1.165, 1.54) is 20.9 Å². The lowest BCUT2D eigenvalue weighted by Crippen LogP contribution is -2.51. The van der Waals surface area contributed by atoms with E-state index in [0.29, 0.717) is 6.42 Å². The predicted octanol–water partition coefficient (Wildman–Crippen LogP) is 4.79. The average Bonchev–Trinajstić information content (AvgIpc) is 3.15. The van der Waals surface area contributed by atoms with Gasteiger partial charge in [0.1, 0.15) is 12.6 Å². The first-order chi connectivity index (χ1) is 15.6. The quantitative estimate of drug-likeness (QED) is 0.605. The van der Waals surface area contributed by atoms with Crippen LogP contribution in [-0.2, 0) is 16.0 Å². The lowest BCUT2D eigenvalue weighted by molar-refractivity contribution is -0.133. The lowest BCUT2D eigenvalue weighted by atomic mass is 9.98. The van der Waals surface area contributed by atoms with Gasteiger partial charge in [-0.15, -0.1) is 0 Å². The van der Waals surface area contributed by atoms with Crippen LogP contribution in [0.3, 0.4) is 0 Å². The number of ether oxygens (including phenoxy) is 1. The first-order valence-electron chi connectivity index (χ1n) is 10.8. The Morgan fingerprint density at radius 3 is 2.09 bits per heavy atom. The van der Waals surface area contributed by atoms with Crippen molar-refractivity contribution in [2.24, 2.45) is 0 Å². The molecule has 0 spiro atoms. The van der Waals surface area contributed by atoms with E-state index in [1.54, 1.807) is 19.4 Å². The molecule has 0 N–H and O–H groups in total. The van der Waals surface area contributed by atoms with Crippen molar-refractivity contribution in [3.8, 4) is 11.1 Å². The SMILES string of the molecule is CN1C=CN(C(=O)OCC2c3ccccc3-c3ccccc32)[C@@H](Cc2ccccc2)C1=O. The van der Waals surface area contributed by atoms with Crippen molar-refractivity contribution in [1.29, 1.82) is 0 Å². The van der Waals surface area contributed by atoms with Crippen LogP contribution in [0, 0.1) is 0 Å². The van der Waals surface area contributed by atoms with Crippen LogP contribution in [0.25, 0.3) is 11.1 Å². The monoisotopic (exact) mass is 424 g/mol. The largest absolute Gasteiger partial charge is 0.448 e. The maximum absolute atomic E-state index is 13.1. The molecule has 5 rings (SSSR count). The predicted molar refractivity (Wildman–Crippen MR) is 123 cm³/mol. The van der Waals surface area contributed by atoms with E-state index in [-0.39, 0.29) is 18.4 Å². The van der Waals surface area contributed by atoms with E-state index in [2.05, 4.69) is 24.3 Å². The minimum absolute atomic E-state index is 0.0222. The van der Waals surface area contributed by atoms with E-state index in [4.69, 9.17) is 4.74 Å². The average molecular weight is 425 g/mol. The molecule has 0 aromatic heterocycles. The highest BCUT2D eigenvalue weighted by Gasteiger charge is 2.35. The molecule has 1 aliphatic carbocycles. The number of likely N-dealkylation sites (N-methyl/N-ethyl adjacent to an activating group) is 1. The Labute approximate surface area is 187 Å². The molecule has 1 heterocycles. The van der Waals surface area contributed by atoms with Crippen LogP contribution < -0.4 is 0 Å². The molecule has 3 aromatic rings. The van der Waals surface area contributed by atoms with Crippen molar-refractivity contribution in [1.82, 2.24) is 9.80 Å². The van der Waals surface area contributed by atoms with Crippen molar-refractivity contribution in [2.45, 2.75) is 18.4 Å². The molecule has 2 amide bonds. The van der Waals surface area contributed by atoms with Gasteiger partial charge >= 0.3 is 6.09 Å². The fourth-order valence-electron chi connectivity index (χ4n) is 4.58. The van der Waals surface area contributed by atoms with Crippen molar-refractivity contribution in [2.75, 3.05) is 13.7 Å². The summed E-state index contributed by atoms with van der Waals surface area (Å²) in [7, 11) is 1.70. The van der Waals surface area contributed by atoms with Crippen molar-refractivity contribution in [3.63, 3.8) is 0 Å². The van der Waals surface area contributed by atoms with Crippen LogP contribution in [0.1, 0.15) is 22.6 Å². The molecular formula is C27H24N2O3. The van der Waals surface area contributed by atoms with Gasteiger partial charge < -0.3 is 9.64 Å². The zero-order valence-electron chi connectivity index (χ0n) is 17.8. The zero-order valence-corrected chi connectivity index (χ0v) is 17.8. The van der Waals surface area contributed by atoms with Gasteiger partial charge in [0.05, 0.1) is 0 Å². The maximum atomic E-state index is 13.1. The molecule has 0 unspecified atom stereocenters. The summed E-state index contributed by atoms with van der Waals surface area (Å²) in [5.74, 6) is -0.157. The smallest absolute Gasteiger partial charge is 0.414 e. The highest BCUT2D eigenvalue weighted by molar-refractivity contribution is 5.88. The number of fused-ring (bicyclic) bond motifs is 3. The van der Waals surface area contributed by atoms with Crippen LogP contribution >= 0.6 is 0 Å². The van der Waals surface area contributed by atoms with Gasteiger partial charge in [0.2, 0.25) is 5.91 Å². The van der Waals surface area contributed by atoms with Gasteiger partial charge in [-0.05, 0) is 27.8 Å². The minimum Gasteiger partial charge on any atom is -0.448 e. The Morgan fingerprint density at radius 1 is 0.844 bits per heavy atom. The molecule has 2 aliphatic rings. The molecule has 5 heteroatoms. The van der Waals surface area contributed by atoms with Crippen molar-refractivity contribution >= 4 is 12.0 Å². The number of hydrogen-bond acceptors (Lipinski definition) is 3. The molecule has 0 bridgehead atoms. The summed E-state index contributed by atoms with van der Waals surface area (Å²) in [6.45, 7) is 0.222. The first kappa shape index (κ1) is 20.1. The number of rotatable bonds is 4. The fourth-order valence-corrected chi connectivity index (χ4v) is 4.58. The summed E-state index contributed by atoms with van der Waals surface area (Å²) in [4.78, 5) is 28.9. The van der Waals surface area contributed by atoms with E-state index in [1.807, 2.05) is 54.6 Å². The van der Waals surface area contributed by atoms with Gasteiger partial charge in [0, 0.05) is 31.8 Å². The van der Waals surface area contributed by atoms with Gasteiger partial charge in [0.25, 0.3) is 0 Å². The van der Waals surface area contributed by atoms with Crippen LogP contribution in [0.2, 0.25) is 0 Å². The van der Waals surface area contributed by atoms with Crippen LogP contribution in [0.4, 0.5) is 4.79 Å². The minimum atomic E-state index is -0.636. The number of benzene rings is 3. The van der Waals surface area contributed by atoms with E-state index in [0.717, 1.165) is 16.7 Å². The number of carbonyl (C=O) groups excluding carboxylic acids is 2. The Kier molecular flexibility index (Phi) is 5.23. The second kappa shape index (κ2) is 8.35. The summed E-state index contributed by atoms with van der Waals surface area (Å²) in [6, 6.07) is 25.5. The molecule has 5 nitrogen and oxygen atoms in total. The standard InChI is InChI=1S/C27H24N2O3/c1-28-15-16-29(25(26(28)30)17-19-9-3-2-4-10-19)27(31)32-18-24-22-13-7-5-11-20(22)21-12-6-8-14-23(21)24/h2-16,24-25H,17-18H2,1H3/t25-/m0/s1. The number of nitrogens with zero attached hydrogens (tertiary/aromatic N) is 2. The van der Waals surface area contributed by atoms with E-state index in [9.17, 15) is 9.59 Å². The summed E-state index contributed by atoms with van der Waals surface area (Å²) in [5, 5.41) is 0. The summed E-state index contributed by atoms with van der Waals surface area (Å²) in [6.07, 6.45) is 3.16. The van der Waals surface area contributed by atoms with Crippen molar-refractivity contribution < 1.29 is 14.3 Å². The van der Waals surface area contributed by atoms with Gasteiger partial charge in [-0.25, -0.2) is 4.79 Å². The molecule has 0 radical (unpaired) electrons.